The summed E-state index contributed by atoms with van der Waals surface area (Å²) in [6.45, 7) is 2.68. The molecule has 0 bridgehead atoms. The van der Waals surface area contributed by atoms with Gasteiger partial charge < -0.3 is 10.1 Å². The second-order valence-corrected chi connectivity index (χ2v) is 5.77. The van der Waals surface area contributed by atoms with Crippen LogP contribution in [0.1, 0.15) is 11.3 Å². The number of nitrogens with one attached hydrogen (secondary N) is 1. The summed E-state index contributed by atoms with van der Waals surface area (Å²) in [5.41, 5.74) is 2.03. The number of fused-ring (bicyclic) bond motifs is 1. The van der Waals surface area contributed by atoms with E-state index in [0.29, 0.717) is 17.4 Å². The lowest BCUT2D eigenvalue weighted by Gasteiger charge is -2.08. The van der Waals surface area contributed by atoms with E-state index in [1.165, 1.54) is 0 Å². The van der Waals surface area contributed by atoms with Crippen LogP contribution in [0.4, 0.5) is 0 Å². The van der Waals surface area contributed by atoms with E-state index in [-0.39, 0.29) is 0 Å². The van der Waals surface area contributed by atoms with Crippen LogP contribution in [-0.4, -0.2) is 16.4 Å². The second kappa shape index (κ2) is 5.44. The Balaban J connectivity index is 2.03. The first-order valence-electron chi connectivity index (χ1n) is 6.22. The van der Waals surface area contributed by atoms with Crippen LogP contribution in [0, 0.1) is 6.92 Å². The molecule has 0 atom stereocenters. The van der Waals surface area contributed by atoms with Crippen LogP contribution in [-0.2, 0) is 6.54 Å². The van der Waals surface area contributed by atoms with E-state index in [4.69, 9.17) is 16.3 Å². The molecule has 1 aromatic carbocycles. The molecule has 6 heteroatoms. The fourth-order valence-corrected chi connectivity index (χ4v) is 2.90. The summed E-state index contributed by atoms with van der Waals surface area (Å²) < 4.78 is 8.01. The molecule has 3 rings (SSSR count). The molecule has 2 aromatic heterocycles. The van der Waals surface area contributed by atoms with Crippen LogP contribution in [0.15, 0.2) is 29.8 Å². The van der Waals surface area contributed by atoms with E-state index in [9.17, 15) is 0 Å². The molecule has 0 aliphatic carbocycles. The Kier molecular flexibility index (Phi) is 3.65. The lowest BCUT2D eigenvalue weighted by atomic mass is 10.2. The zero-order valence-electron chi connectivity index (χ0n) is 11.2. The van der Waals surface area contributed by atoms with Crippen LogP contribution >= 0.6 is 22.9 Å². The smallest absolute Gasteiger partial charge is 0.243 e. The fraction of sp³-hybridized carbons (Fsp3) is 0.214. The van der Waals surface area contributed by atoms with Crippen molar-refractivity contribution in [1.82, 2.24) is 14.7 Å². The van der Waals surface area contributed by atoms with Gasteiger partial charge >= 0.3 is 0 Å². The van der Waals surface area contributed by atoms with Crippen LogP contribution in [0.2, 0.25) is 5.02 Å². The molecular weight excluding hydrogens is 294 g/mol. The summed E-state index contributed by atoms with van der Waals surface area (Å²) >= 11 is 7.61. The predicted octanol–water partition coefficient (Wildman–Crippen LogP) is 3.87. The highest BCUT2D eigenvalue weighted by Crippen LogP contribution is 2.31. The van der Waals surface area contributed by atoms with Gasteiger partial charge in [0.2, 0.25) is 5.88 Å². The number of rotatable bonds is 4. The third kappa shape index (κ3) is 2.40. The van der Waals surface area contributed by atoms with Gasteiger partial charge in [0, 0.05) is 23.1 Å². The van der Waals surface area contributed by atoms with E-state index in [1.54, 1.807) is 11.3 Å². The number of thiazole rings is 1. The lowest BCUT2D eigenvalue weighted by molar-refractivity contribution is 0.454. The maximum absolute atomic E-state index is 6.03. The molecule has 0 fully saturated rings. The molecule has 0 unspecified atom stereocenters. The van der Waals surface area contributed by atoms with E-state index in [0.717, 1.165) is 22.0 Å². The minimum atomic E-state index is 0.622. The van der Waals surface area contributed by atoms with E-state index in [2.05, 4.69) is 10.3 Å². The van der Waals surface area contributed by atoms with Gasteiger partial charge in [0.05, 0.1) is 0 Å². The predicted molar refractivity (Wildman–Crippen MR) is 82.1 cm³/mol. The van der Waals surface area contributed by atoms with Crippen molar-refractivity contribution in [3.63, 3.8) is 0 Å². The summed E-state index contributed by atoms with van der Waals surface area (Å²) in [5.74, 6) is 1.36. The van der Waals surface area contributed by atoms with Crippen molar-refractivity contribution in [2.45, 2.75) is 13.5 Å². The van der Waals surface area contributed by atoms with Crippen molar-refractivity contribution >= 4 is 27.9 Å². The van der Waals surface area contributed by atoms with Crippen molar-refractivity contribution < 1.29 is 4.74 Å². The van der Waals surface area contributed by atoms with Crippen LogP contribution in [0.5, 0.6) is 11.6 Å². The maximum Gasteiger partial charge on any atom is 0.243 e. The Morgan fingerprint density at radius 3 is 3.10 bits per heavy atom. The number of imidazole rings is 1. The Morgan fingerprint density at radius 1 is 1.45 bits per heavy atom. The molecule has 104 valence electrons. The Morgan fingerprint density at radius 2 is 2.30 bits per heavy atom. The van der Waals surface area contributed by atoms with Gasteiger partial charge in [0.1, 0.15) is 11.4 Å². The molecule has 0 radical (unpaired) electrons. The van der Waals surface area contributed by atoms with E-state index < -0.39 is 0 Å². The number of halogens is 1. The largest absolute Gasteiger partial charge is 0.437 e. The van der Waals surface area contributed by atoms with Crippen molar-refractivity contribution in [3.05, 3.63) is 46.1 Å². The molecule has 0 aliphatic heterocycles. The van der Waals surface area contributed by atoms with Gasteiger partial charge in [0.15, 0.2) is 4.96 Å². The maximum atomic E-state index is 6.03. The van der Waals surface area contributed by atoms with E-state index >= 15 is 0 Å². The summed E-state index contributed by atoms with van der Waals surface area (Å²) in [6, 6.07) is 5.60. The summed E-state index contributed by atoms with van der Waals surface area (Å²) in [6.07, 6.45) is 2.00. The third-order valence-corrected chi connectivity index (χ3v) is 4.02. The van der Waals surface area contributed by atoms with E-state index in [1.807, 2.05) is 48.1 Å². The standard InChI is InChI=1S/C14H14ClN3OS/c1-9-3-4-10(15)7-12(9)19-13-11(8-16-2)18-5-6-20-14(18)17-13/h3-7,16H,8H2,1-2H3. The zero-order chi connectivity index (χ0) is 14.1. The molecule has 0 saturated heterocycles. The molecule has 0 spiro atoms. The molecule has 20 heavy (non-hydrogen) atoms. The molecule has 0 saturated carbocycles. The topological polar surface area (TPSA) is 38.6 Å². The Labute approximate surface area is 126 Å². The first-order valence-corrected chi connectivity index (χ1v) is 7.48. The highest BCUT2D eigenvalue weighted by molar-refractivity contribution is 7.15. The van der Waals surface area contributed by atoms with Crippen molar-refractivity contribution in [3.8, 4) is 11.6 Å². The molecule has 3 aromatic rings. The highest BCUT2D eigenvalue weighted by Gasteiger charge is 2.15. The molecule has 1 N–H and O–H groups in total. The Hall–Kier alpha value is -1.56. The summed E-state index contributed by atoms with van der Waals surface area (Å²) in [7, 11) is 1.90. The minimum Gasteiger partial charge on any atom is -0.437 e. The van der Waals surface area contributed by atoms with Crippen molar-refractivity contribution in [2.24, 2.45) is 0 Å². The van der Waals surface area contributed by atoms with Gasteiger partial charge in [-0.1, -0.05) is 17.7 Å². The number of hydrogen-bond donors (Lipinski definition) is 1. The molecular formula is C14H14ClN3OS. The molecule has 2 heterocycles. The normalized spacial score (nSPS) is 11.2. The Bertz CT molecular complexity index is 750. The number of benzene rings is 1. The average Bonchev–Trinajstić information content (AvgIpc) is 2.98. The summed E-state index contributed by atoms with van der Waals surface area (Å²) in [4.78, 5) is 5.45. The second-order valence-electron chi connectivity index (χ2n) is 4.46. The van der Waals surface area contributed by atoms with Crippen molar-refractivity contribution in [2.75, 3.05) is 7.05 Å². The number of ether oxygens (including phenoxy) is 1. The SMILES string of the molecule is CNCc1c(Oc2cc(Cl)ccc2C)nc2sccn12. The molecule has 0 aliphatic rings. The zero-order valence-corrected chi connectivity index (χ0v) is 12.8. The number of aryl methyl sites for hydroxylation is 1. The number of hydrogen-bond acceptors (Lipinski definition) is 4. The van der Waals surface area contributed by atoms with Gasteiger partial charge in [-0.15, -0.1) is 11.3 Å². The van der Waals surface area contributed by atoms with Crippen LogP contribution in [0.3, 0.4) is 0 Å². The first kappa shape index (κ1) is 13.4. The summed E-state index contributed by atoms with van der Waals surface area (Å²) in [5, 5.41) is 5.81. The lowest BCUT2D eigenvalue weighted by Crippen LogP contribution is -2.08. The van der Waals surface area contributed by atoms with Gasteiger partial charge in [-0.2, -0.15) is 4.98 Å². The third-order valence-electron chi connectivity index (χ3n) is 3.03. The first-order chi connectivity index (χ1) is 9.69. The quantitative estimate of drug-likeness (QED) is 0.795. The van der Waals surface area contributed by atoms with Gasteiger partial charge in [-0.3, -0.25) is 4.40 Å². The van der Waals surface area contributed by atoms with Crippen LogP contribution in [0.25, 0.3) is 4.96 Å². The van der Waals surface area contributed by atoms with Gasteiger partial charge in [-0.25, -0.2) is 0 Å². The van der Waals surface area contributed by atoms with Crippen molar-refractivity contribution in [1.29, 1.82) is 0 Å². The van der Waals surface area contributed by atoms with Gasteiger partial charge in [0.25, 0.3) is 0 Å². The van der Waals surface area contributed by atoms with Crippen LogP contribution < -0.4 is 10.1 Å². The number of nitrogens with zero attached hydrogens (tertiary/aromatic N) is 2. The fourth-order valence-electron chi connectivity index (χ4n) is 2.01. The number of aromatic nitrogens is 2. The van der Waals surface area contributed by atoms with Gasteiger partial charge in [-0.05, 0) is 31.7 Å². The monoisotopic (exact) mass is 307 g/mol. The highest BCUT2D eigenvalue weighted by atomic mass is 35.5. The molecule has 0 amide bonds. The molecule has 4 nitrogen and oxygen atoms in total. The average molecular weight is 308 g/mol. The minimum absolute atomic E-state index is 0.622.